The maximum atomic E-state index is 6.42. The first-order chi connectivity index (χ1) is 27.3. The molecule has 7 aromatic rings. The highest BCUT2D eigenvalue weighted by Gasteiger charge is 2.39. The molecule has 55 heavy (non-hydrogen) atoms. The van der Waals surface area contributed by atoms with E-state index in [2.05, 4.69) is 191 Å². The van der Waals surface area contributed by atoms with Crippen LogP contribution in [0.1, 0.15) is 46.7 Å². The number of rotatable bonds is 4. The molecule has 0 saturated heterocycles. The van der Waals surface area contributed by atoms with E-state index in [9.17, 15) is 0 Å². The fourth-order valence-electron chi connectivity index (χ4n) is 9.82. The van der Waals surface area contributed by atoms with Crippen LogP contribution in [-0.2, 0) is 0 Å². The van der Waals surface area contributed by atoms with Crippen molar-refractivity contribution in [3.8, 4) is 5.75 Å². The maximum Gasteiger partial charge on any atom is 0.196 e. The summed E-state index contributed by atoms with van der Waals surface area (Å²) in [5, 5.41) is 8.56. The average Bonchev–Trinajstić information content (AvgIpc) is 3.94. The quantitative estimate of drug-likeness (QED) is 0.184. The van der Waals surface area contributed by atoms with Crippen molar-refractivity contribution in [3.63, 3.8) is 0 Å². The molecule has 0 aromatic heterocycles. The summed E-state index contributed by atoms with van der Waals surface area (Å²) in [6.45, 7) is 0. The van der Waals surface area contributed by atoms with Crippen LogP contribution in [-0.4, -0.2) is 6.04 Å². The minimum Gasteiger partial charge on any atom is -0.464 e. The zero-order chi connectivity index (χ0) is 36.0. The molecule has 7 aromatic carbocycles. The van der Waals surface area contributed by atoms with E-state index in [0.29, 0.717) is 5.92 Å². The van der Waals surface area contributed by atoms with Crippen molar-refractivity contribution in [3.05, 3.63) is 210 Å². The summed E-state index contributed by atoms with van der Waals surface area (Å²) >= 11 is 0. The number of nitrogens with zero attached hydrogens (tertiary/aromatic N) is 2. The van der Waals surface area contributed by atoms with Gasteiger partial charge in [-0.25, -0.2) is 0 Å². The molecule has 2 aliphatic carbocycles. The molecular weight excluding hydrogens is 671 g/mol. The summed E-state index contributed by atoms with van der Waals surface area (Å²) in [5.41, 5.74) is 14.0. The van der Waals surface area contributed by atoms with Gasteiger partial charge in [0.1, 0.15) is 5.75 Å². The predicted molar refractivity (Wildman–Crippen MR) is 227 cm³/mol. The smallest absolute Gasteiger partial charge is 0.196 e. The molecule has 4 atom stereocenters. The highest BCUT2D eigenvalue weighted by molar-refractivity contribution is 6.15. The summed E-state index contributed by atoms with van der Waals surface area (Å²) in [6, 6.07) is 53.3. The van der Waals surface area contributed by atoms with Crippen molar-refractivity contribution in [1.29, 1.82) is 0 Å². The van der Waals surface area contributed by atoms with Crippen LogP contribution in [0.25, 0.3) is 27.1 Å². The number of nitrogens with one attached hydrogen (secondary N) is 1. The molecule has 3 heterocycles. The zero-order valence-electron chi connectivity index (χ0n) is 30.1. The Morgan fingerprint density at radius 3 is 2.33 bits per heavy atom. The lowest BCUT2D eigenvalue weighted by Crippen LogP contribution is -2.28. The van der Waals surface area contributed by atoms with Crippen LogP contribution in [0.15, 0.2) is 188 Å². The summed E-state index contributed by atoms with van der Waals surface area (Å²) in [5.74, 6) is 1.50. The number of fused-ring (bicyclic) bond motifs is 11. The number of benzene rings is 7. The Kier molecular flexibility index (Phi) is 6.61. The first-order valence-electron chi connectivity index (χ1n) is 19.4. The van der Waals surface area contributed by atoms with Crippen LogP contribution >= 0.6 is 0 Å². The minimum atomic E-state index is -0.203. The van der Waals surface area contributed by atoms with Gasteiger partial charge in [-0.1, -0.05) is 127 Å². The summed E-state index contributed by atoms with van der Waals surface area (Å²) < 4.78 is 6.42. The van der Waals surface area contributed by atoms with Gasteiger partial charge in [-0.15, -0.1) is 0 Å². The van der Waals surface area contributed by atoms with Gasteiger partial charge in [-0.3, -0.25) is 0 Å². The summed E-state index contributed by atoms with van der Waals surface area (Å²) in [7, 11) is 0. The van der Waals surface area contributed by atoms with Gasteiger partial charge in [-0.2, -0.15) is 0 Å². The number of allylic oxidation sites excluding steroid dienone is 6. The van der Waals surface area contributed by atoms with Crippen molar-refractivity contribution < 1.29 is 4.74 Å². The Labute approximate surface area is 320 Å². The van der Waals surface area contributed by atoms with Crippen molar-refractivity contribution in [2.45, 2.75) is 30.5 Å². The summed E-state index contributed by atoms with van der Waals surface area (Å²) in [4.78, 5) is 5.00. The molecule has 4 heteroatoms. The lowest BCUT2D eigenvalue weighted by molar-refractivity contribution is 0.260. The van der Waals surface area contributed by atoms with Crippen molar-refractivity contribution in [2.75, 3.05) is 15.1 Å². The van der Waals surface area contributed by atoms with Crippen LogP contribution in [0.5, 0.6) is 5.75 Å². The molecule has 0 amide bonds. The van der Waals surface area contributed by atoms with E-state index >= 15 is 0 Å². The fourth-order valence-corrected chi connectivity index (χ4v) is 9.82. The van der Waals surface area contributed by atoms with E-state index in [1.54, 1.807) is 0 Å². The molecule has 4 nitrogen and oxygen atoms in total. The molecule has 0 fully saturated rings. The molecule has 1 N–H and O–H groups in total. The van der Waals surface area contributed by atoms with Gasteiger partial charge in [0.25, 0.3) is 0 Å². The standard InChI is InChI=1S/C51H37N3O/c1-3-11-33(12-4-1)51-52-50-48(55-51)28-23-32-19-20-36-29-38(24-25-39(36)49(32)50)54-45-18-10-8-16-41(45)43-31-35(22-27-47(43)54)34-21-26-46-42(30-34)40-15-7-9-17-44(40)53(46)37-13-5-2-6-14-37/h1-29,31,41-42,45,51-52H,30H2. The molecule has 5 aliphatic rings. The first-order valence-corrected chi connectivity index (χ1v) is 19.4. The Morgan fingerprint density at radius 1 is 0.618 bits per heavy atom. The Balaban J connectivity index is 0.911. The van der Waals surface area contributed by atoms with Gasteiger partial charge in [-0.05, 0) is 99.4 Å². The molecular formula is C51H37N3O. The number of anilines is 5. The van der Waals surface area contributed by atoms with E-state index < -0.39 is 0 Å². The Hall–Kier alpha value is -6.78. The topological polar surface area (TPSA) is 27.7 Å². The third-order valence-electron chi connectivity index (χ3n) is 12.3. The maximum absolute atomic E-state index is 6.42. The molecule has 0 saturated carbocycles. The fraction of sp³-hybridized carbons (Fsp3) is 0.0980. The molecule has 262 valence electrons. The van der Waals surface area contributed by atoms with Crippen LogP contribution < -0.4 is 19.9 Å². The van der Waals surface area contributed by atoms with Crippen molar-refractivity contribution >= 4 is 55.6 Å². The van der Waals surface area contributed by atoms with Gasteiger partial charge >= 0.3 is 0 Å². The lowest BCUT2D eigenvalue weighted by atomic mass is 9.83. The van der Waals surface area contributed by atoms with Crippen LogP contribution in [0.2, 0.25) is 0 Å². The molecule has 3 aliphatic heterocycles. The van der Waals surface area contributed by atoms with Crippen LogP contribution in [0, 0.1) is 0 Å². The minimum absolute atomic E-state index is 0.203. The normalized spacial score (nSPS) is 21.3. The molecule has 0 spiro atoms. The van der Waals surface area contributed by atoms with E-state index in [1.807, 2.05) is 6.07 Å². The Morgan fingerprint density at radius 2 is 1.42 bits per heavy atom. The summed E-state index contributed by atoms with van der Waals surface area (Å²) in [6.07, 6.45) is 14.7. The zero-order valence-corrected chi connectivity index (χ0v) is 30.1. The number of hydrogen-bond acceptors (Lipinski definition) is 4. The van der Waals surface area contributed by atoms with E-state index in [4.69, 9.17) is 4.74 Å². The number of hydrogen-bond donors (Lipinski definition) is 1. The van der Waals surface area contributed by atoms with E-state index in [-0.39, 0.29) is 18.2 Å². The second-order valence-corrected chi connectivity index (χ2v) is 15.3. The predicted octanol–water partition coefficient (Wildman–Crippen LogP) is 12.8. The first kappa shape index (κ1) is 30.7. The Bertz CT molecular complexity index is 2830. The third-order valence-corrected chi connectivity index (χ3v) is 12.3. The molecule has 0 radical (unpaired) electrons. The second-order valence-electron chi connectivity index (χ2n) is 15.3. The van der Waals surface area contributed by atoms with Gasteiger partial charge in [0.2, 0.25) is 0 Å². The van der Waals surface area contributed by atoms with Crippen molar-refractivity contribution in [2.24, 2.45) is 0 Å². The van der Waals surface area contributed by atoms with E-state index in [1.165, 1.54) is 72.3 Å². The molecule has 12 rings (SSSR count). The van der Waals surface area contributed by atoms with Crippen LogP contribution in [0.4, 0.5) is 28.4 Å². The average molecular weight is 708 g/mol. The molecule has 4 unspecified atom stereocenters. The number of ether oxygens (including phenoxy) is 1. The lowest BCUT2D eigenvalue weighted by Gasteiger charge is -2.29. The largest absolute Gasteiger partial charge is 0.464 e. The number of para-hydroxylation sites is 2. The third kappa shape index (κ3) is 4.64. The monoisotopic (exact) mass is 707 g/mol. The second kappa shape index (κ2) is 11.9. The van der Waals surface area contributed by atoms with E-state index in [0.717, 1.165) is 23.4 Å². The molecule has 0 bridgehead atoms. The van der Waals surface area contributed by atoms with Gasteiger partial charge in [0, 0.05) is 51.2 Å². The highest BCUT2D eigenvalue weighted by atomic mass is 16.5. The SMILES string of the molecule is C1=CC2c3cc(C4=CC=C5C(C4)c4ccccc4N5c4ccccc4)ccc3N(c3ccc4c(ccc5ccc6c(c54)NC(c4ccccc4)O6)c3)C2C=C1. The van der Waals surface area contributed by atoms with Crippen molar-refractivity contribution in [1.82, 2.24) is 0 Å². The van der Waals surface area contributed by atoms with Gasteiger partial charge in [0.05, 0.1) is 11.7 Å². The van der Waals surface area contributed by atoms with Gasteiger partial charge in [0.15, 0.2) is 6.23 Å². The van der Waals surface area contributed by atoms with Gasteiger partial charge < -0.3 is 19.9 Å². The van der Waals surface area contributed by atoms with Crippen LogP contribution in [0.3, 0.4) is 0 Å². The highest BCUT2D eigenvalue weighted by Crippen LogP contribution is 2.54.